The number of carbonyl (C=O) groups is 1. The standard InChI is InChI=1S/C20H26N4OS/c25-19(23-10-1-2-11-23)18-6-4-17(5-7-18)16-22-9-3-12-24(14-13-22)20-21-8-15-26-20/h4-8,15H,1-3,9-14,16H2. The van der Waals surface area contributed by atoms with E-state index in [4.69, 9.17) is 0 Å². The lowest BCUT2D eigenvalue weighted by molar-refractivity contribution is 0.0793. The molecule has 0 unspecified atom stereocenters. The normalized spacial score (nSPS) is 18.9. The molecule has 0 saturated carbocycles. The summed E-state index contributed by atoms with van der Waals surface area (Å²) in [6, 6.07) is 8.23. The Balaban J connectivity index is 1.33. The lowest BCUT2D eigenvalue weighted by Gasteiger charge is -2.21. The van der Waals surface area contributed by atoms with Gasteiger partial charge < -0.3 is 9.80 Å². The zero-order valence-corrected chi connectivity index (χ0v) is 16.0. The van der Waals surface area contributed by atoms with Gasteiger partial charge in [-0.25, -0.2) is 4.98 Å². The van der Waals surface area contributed by atoms with Gasteiger partial charge in [-0.15, -0.1) is 11.3 Å². The second-order valence-electron chi connectivity index (χ2n) is 7.13. The van der Waals surface area contributed by atoms with Crippen LogP contribution in [0.5, 0.6) is 0 Å². The number of carbonyl (C=O) groups excluding carboxylic acids is 1. The SMILES string of the molecule is O=C(c1ccc(CN2CCCN(c3nccs3)CC2)cc1)N1CCCC1. The van der Waals surface area contributed by atoms with Gasteiger partial charge in [-0.3, -0.25) is 9.69 Å². The molecule has 1 amide bonds. The first-order chi connectivity index (χ1) is 12.8. The maximum absolute atomic E-state index is 12.4. The van der Waals surface area contributed by atoms with E-state index in [0.29, 0.717) is 0 Å². The van der Waals surface area contributed by atoms with Crippen LogP contribution >= 0.6 is 11.3 Å². The van der Waals surface area contributed by atoms with Crippen LogP contribution in [0.4, 0.5) is 5.13 Å². The minimum Gasteiger partial charge on any atom is -0.347 e. The monoisotopic (exact) mass is 370 g/mol. The molecule has 0 atom stereocenters. The molecule has 26 heavy (non-hydrogen) atoms. The molecule has 0 bridgehead atoms. The number of thiazole rings is 1. The van der Waals surface area contributed by atoms with Crippen LogP contribution in [0, 0.1) is 0 Å². The molecule has 0 radical (unpaired) electrons. The van der Waals surface area contributed by atoms with Crippen LogP contribution in [0.2, 0.25) is 0 Å². The number of amides is 1. The molecule has 2 aromatic rings. The topological polar surface area (TPSA) is 39.7 Å². The Kier molecular flexibility index (Phi) is 5.51. The molecule has 1 aromatic carbocycles. The average Bonchev–Trinajstić information content (AvgIpc) is 3.35. The van der Waals surface area contributed by atoms with Gasteiger partial charge in [0.15, 0.2) is 5.13 Å². The summed E-state index contributed by atoms with van der Waals surface area (Å²) in [6.45, 7) is 7.02. The van der Waals surface area contributed by atoms with Gasteiger partial charge in [0.25, 0.3) is 5.91 Å². The third-order valence-electron chi connectivity index (χ3n) is 5.28. The highest BCUT2D eigenvalue weighted by atomic mass is 32.1. The highest BCUT2D eigenvalue weighted by Gasteiger charge is 2.20. The smallest absolute Gasteiger partial charge is 0.253 e. The van der Waals surface area contributed by atoms with Crippen molar-refractivity contribution in [2.75, 3.05) is 44.2 Å². The number of benzene rings is 1. The minimum atomic E-state index is 0.183. The molecule has 6 heteroatoms. The van der Waals surface area contributed by atoms with Crippen molar-refractivity contribution in [3.8, 4) is 0 Å². The summed E-state index contributed by atoms with van der Waals surface area (Å²) in [4.78, 5) is 23.8. The van der Waals surface area contributed by atoms with Gasteiger partial charge in [0.2, 0.25) is 0 Å². The predicted molar refractivity (Wildman–Crippen MR) is 106 cm³/mol. The van der Waals surface area contributed by atoms with Gasteiger partial charge in [-0.1, -0.05) is 12.1 Å². The summed E-state index contributed by atoms with van der Waals surface area (Å²) in [7, 11) is 0. The maximum atomic E-state index is 12.4. The van der Waals surface area contributed by atoms with E-state index in [-0.39, 0.29) is 5.91 Å². The lowest BCUT2D eigenvalue weighted by Crippen LogP contribution is -2.30. The lowest BCUT2D eigenvalue weighted by atomic mass is 10.1. The highest BCUT2D eigenvalue weighted by Crippen LogP contribution is 2.20. The Labute approximate surface area is 159 Å². The number of rotatable bonds is 4. The second kappa shape index (κ2) is 8.18. The molecule has 5 nitrogen and oxygen atoms in total. The number of hydrogen-bond acceptors (Lipinski definition) is 5. The van der Waals surface area contributed by atoms with Crippen molar-refractivity contribution in [2.24, 2.45) is 0 Å². The number of likely N-dealkylation sites (tertiary alicyclic amines) is 1. The van der Waals surface area contributed by atoms with Crippen molar-refractivity contribution in [1.82, 2.24) is 14.8 Å². The van der Waals surface area contributed by atoms with E-state index in [1.54, 1.807) is 11.3 Å². The fourth-order valence-corrected chi connectivity index (χ4v) is 4.50. The highest BCUT2D eigenvalue weighted by molar-refractivity contribution is 7.13. The van der Waals surface area contributed by atoms with E-state index >= 15 is 0 Å². The average molecular weight is 371 g/mol. The van der Waals surface area contributed by atoms with Crippen molar-refractivity contribution in [3.63, 3.8) is 0 Å². The Morgan fingerprint density at radius 2 is 1.77 bits per heavy atom. The zero-order valence-electron chi connectivity index (χ0n) is 15.1. The Hall–Kier alpha value is -1.92. The maximum Gasteiger partial charge on any atom is 0.253 e. The number of aromatic nitrogens is 1. The third-order valence-corrected chi connectivity index (χ3v) is 6.11. The summed E-state index contributed by atoms with van der Waals surface area (Å²) < 4.78 is 0. The molecule has 1 aromatic heterocycles. The molecule has 0 N–H and O–H groups in total. The zero-order chi connectivity index (χ0) is 17.8. The van der Waals surface area contributed by atoms with E-state index in [2.05, 4.69) is 26.9 Å². The van der Waals surface area contributed by atoms with Gasteiger partial charge in [0, 0.05) is 63.0 Å². The van der Waals surface area contributed by atoms with E-state index in [1.807, 2.05) is 28.6 Å². The Bertz CT molecular complexity index is 710. The van der Waals surface area contributed by atoms with Crippen LogP contribution in [0.15, 0.2) is 35.8 Å². The van der Waals surface area contributed by atoms with Crippen molar-refractivity contribution in [3.05, 3.63) is 47.0 Å². The first-order valence-electron chi connectivity index (χ1n) is 9.54. The van der Waals surface area contributed by atoms with E-state index < -0.39 is 0 Å². The summed E-state index contributed by atoms with van der Waals surface area (Å²) in [5.41, 5.74) is 2.10. The number of anilines is 1. The van der Waals surface area contributed by atoms with E-state index in [9.17, 15) is 4.79 Å². The summed E-state index contributed by atoms with van der Waals surface area (Å²) in [5.74, 6) is 0.183. The molecular formula is C20H26N4OS. The first kappa shape index (κ1) is 17.5. The van der Waals surface area contributed by atoms with Gasteiger partial charge in [0.1, 0.15) is 0 Å². The van der Waals surface area contributed by atoms with Crippen molar-refractivity contribution < 1.29 is 4.79 Å². The van der Waals surface area contributed by atoms with E-state index in [1.165, 1.54) is 5.56 Å². The van der Waals surface area contributed by atoms with Crippen molar-refractivity contribution in [2.45, 2.75) is 25.8 Å². The van der Waals surface area contributed by atoms with Crippen LogP contribution in [-0.2, 0) is 6.54 Å². The Morgan fingerprint density at radius 3 is 2.50 bits per heavy atom. The fraction of sp³-hybridized carbons (Fsp3) is 0.500. The molecule has 2 aliphatic heterocycles. The van der Waals surface area contributed by atoms with E-state index in [0.717, 1.165) is 75.8 Å². The second-order valence-corrected chi connectivity index (χ2v) is 8.00. The van der Waals surface area contributed by atoms with Crippen LogP contribution < -0.4 is 4.90 Å². The quantitative estimate of drug-likeness (QED) is 0.829. The molecule has 0 aliphatic carbocycles. The first-order valence-corrected chi connectivity index (χ1v) is 10.4. The third kappa shape index (κ3) is 4.07. The molecule has 2 saturated heterocycles. The van der Waals surface area contributed by atoms with Crippen molar-refractivity contribution in [1.29, 1.82) is 0 Å². The van der Waals surface area contributed by atoms with Gasteiger partial charge >= 0.3 is 0 Å². The summed E-state index contributed by atoms with van der Waals surface area (Å²) in [6.07, 6.45) is 5.31. The Morgan fingerprint density at radius 1 is 0.962 bits per heavy atom. The van der Waals surface area contributed by atoms with Crippen LogP contribution in [0.3, 0.4) is 0 Å². The van der Waals surface area contributed by atoms with Crippen molar-refractivity contribution >= 4 is 22.4 Å². The minimum absolute atomic E-state index is 0.183. The molecule has 4 rings (SSSR count). The largest absolute Gasteiger partial charge is 0.347 e. The molecule has 2 aliphatic rings. The molecule has 3 heterocycles. The van der Waals surface area contributed by atoms with Crippen LogP contribution in [-0.4, -0.2) is 60.0 Å². The van der Waals surface area contributed by atoms with Crippen LogP contribution in [0.25, 0.3) is 0 Å². The van der Waals surface area contributed by atoms with Gasteiger partial charge in [-0.05, 0) is 37.0 Å². The summed E-state index contributed by atoms with van der Waals surface area (Å²) in [5, 5.41) is 3.18. The molecule has 138 valence electrons. The molecule has 0 spiro atoms. The van der Waals surface area contributed by atoms with Gasteiger partial charge in [-0.2, -0.15) is 0 Å². The molecular weight excluding hydrogens is 344 g/mol. The van der Waals surface area contributed by atoms with Crippen LogP contribution in [0.1, 0.15) is 35.2 Å². The molecule has 2 fully saturated rings. The number of nitrogens with zero attached hydrogens (tertiary/aromatic N) is 4. The van der Waals surface area contributed by atoms with Gasteiger partial charge in [0.05, 0.1) is 0 Å². The summed E-state index contributed by atoms with van der Waals surface area (Å²) >= 11 is 1.72. The number of hydrogen-bond donors (Lipinski definition) is 0. The predicted octanol–water partition coefficient (Wildman–Crippen LogP) is 3.09. The fourth-order valence-electron chi connectivity index (χ4n) is 3.81.